The zero-order valence-corrected chi connectivity index (χ0v) is 10.9. The van der Waals surface area contributed by atoms with Gasteiger partial charge in [0.1, 0.15) is 0 Å². The van der Waals surface area contributed by atoms with E-state index in [2.05, 4.69) is 5.32 Å². The molecule has 1 fully saturated rings. The molecule has 1 heterocycles. The largest absolute Gasteiger partial charge is 0.388 e. The van der Waals surface area contributed by atoms with Crippen LogP contribution in [0.4, 0.5) is 0 Å². The number of aliphatic hydroxyl groups is 1. The fourth-order valence-electron chi connectivity index (χ4n) is 1.89. The molecule has 1 unspecified atom stereocenters. The van der Waals surface area contributed by atoms with Crippen molar-refractivity contribution in [1.29, 1.82) is 0 Å². The summed E-state index contributed by atoms with van der Waals surface area (Å²) in [6, 6.07) is 9.70. The summed E-state index contributed by atoms with van der Waals surface area (Å²) >= 11 is 0. The number of nitrogens with one attached hydrogen (secondary N) is 1. The Morgan fingerprint density at radius 2 is 1.65 bits per heavy atom. The van der Waals surface area contributed by atoms with E-state index in [0.29, 0.717) is 0 Å². The Labute approximate surface area is 105 Å². The van der Waals surface area contributed by atoms with Gasteiger partial charge >= 0.3 is 0 Å². The molecular formula is C15H25NO. The fraction of sp³-hybridized carbons (Fsp3) is 0.600. The minimum atomic E-state index is -0.291. The predicted octanol–water partition coefficient (Wildman–Crippen LogP) is 3.28. The second kappa shape index (κ2) is 9.20. The molecule has 1 aliphatic rings. The Bertz CT molecular complexity index is 254. The molecule has 2 rings (SSSR count). The van der Waals surface area contributed by atoms with E-state index < -0.39 is 0 Å². The molecule has 1 aliphatic heterocycles. The first-order valence-corrected chi connectivity index (χ1v) is 6.78. The minimum absolute atomic E-state index is 0.291. The van der Waals surface area contributed by atoms with Crippen molar-refractivity contribution in [2.24, 2.45) is 0 Å². The van der Waals surface area contributed by atoms with Crippen LogP contribution in [0.25, 0.3) is 0 Å². The van der Waals surface area contributed by atoms with Gasteiger partial charge in [-0.15, -0.1) is 0 Å². The Morgan fingerprint density at radius 3 is 2.18 bits per heavy atom. The quantitative estimate of drug-likeness (QED) is 0.824. The summed E-state index contributed by atoms with van der Waals surface area (Å²) in [5.41, 5.74) is 1.00. The lowest BCUT2D eigenvalue weighted by Crippen LogP contribution is -2.12. The van der Waals surface area contributed by atoms with Crippen molar-refractivity contribution in [2.75, 3.05) is 13.1 Å². The first-order valence-electron chi connectivity index (χ1n) is 6.78. The van der Waals surface area contributed by atoms with Crippen LogP contribution >= 0.6 is 0 Å². The van der Waals surface area contributed by atoms with Crippen LogP contribution in [-0.2, 0) is 0 Å². The molecule has 1 aromatic rings. The molecule has 17 heavy (non-hydrogen) atoms. The van der Waals surface area contributed by atoms with Gasteiger partial charge in [0.2, 0.25) is 0 Å². The highest BCUT2D eigenvalue weighted by atomic mass is 16.3. The first kappa shape index (κ1) is 14.2. The molecule has 0 radical (unpaired) electrons. The Morgan fingerprint density at radius 1 is 1.06 bits per heavy atom. The van der Waals surface area contributed by atoms with Gasteiger partial charge in [-0.2, -0.15) is 0 Å². The molecule has 2 heteroatoms. The monoisotopic (exact) mass is 235 g/mol. The summed E-state index contributed by atoms with van der Waals surface area (Å²) in [5.74, 6) is 0. The van der Waals surface area contributed by atoms with Gasteiger partial charge in [-0.1, -0.05) is 50.1 Å². The van der Waals surface area contributed by atoms with E-state index in [0.717, 1.165) is 12.0 Å². The van der Waals surface area contributed by atoms with Crippen LogP contribution < -0.4 is 5.32 Å². The lowest BCUT2D eigenvalue weighted by molar-refractivity contribution is 0.173. The third-order valence-corrected chi connectivity index (χ3v) is 3.03. The van der Waals surface area contributed by atoms with Crippen LogP contribution in [0.15, 0.2) is 30.3 Å². The van der Waals surface area contributed by atoms with E-state index >= 15 is 0 Å². The molecule has 0 amide bonds. The number of benzene rings is 1. The van der Waals surface area contributed by atoms with Crippen LogP contribution in [0, 0.1) is 0 Å². The van der Waals surface area contributed by atoms with Crippen molar-refractivity contribution in [3.05, 3.63) is 35.9 Å². The molecular weight excluding hydrogens is 210 g/mol. The van der Waals surface area contributed by atoms with Crippen molar-refractivity contribution in [3.8, 4) is 0 Å². The van der Waals surface area contributed by atoms with Gasteiger partial charge in [-0.05, 0) is 37.9 Å². The van der Waals surface area contributed by atoms with Crippen molar-refractivity contribution in [3.63, 3.8) is 0 Å². The van der Waals surface area contributed by atoms with Crippen molar-refractivity contribution in [1.82, 2.24) is 5.32 Å². The molecule has 0 spiro atoms. The average molecular weight is 235 g/mol. The van der Waals surface area contributed by atoms with Crippen LogP contribution in [0.5, 0.6) is 0 Å². The van der Waals surface area contributed by atoms with E-state index in [1.807, 2.05) is 37.3 Å². The third-order valence-electron chi connectivity index (χ3n) is 3.03. The van der Waals surface area contributed by atoms with Crippen LogP contribution in [0.2, 0.25) is 0 Å². The minimum Gasteiger partial charge on any atom is -0.388 e. The Balaban J connectivity index is 0.000000181. The maximum Gasteiger partial charge on any atom is 0.0787 e. The van der Waals surface area contributed by atoms with Gasteiger partial charge in [0.25, 0.3) is 0 Å². The molecule has 0 aliphatic carbocycles. The highest BCUT2D eigenvalue weighted by molar-refractivity contribution is 5.16. The predicted molar refractivity (Wildman–Crippen MR) is 73.0 cm³/mol. The fourth-order valence-corrected chi connectivity index (χ4v) is 1.89. The SMILES string of the molecule is C1CCCNCC1.CCC(O)c1ccccc1. The van der Waals surface area contributed by atoms with E-state index in [-0.39, 0.29) is 6.10 Å². The summed E-state index contributed by atoms with van der Waals surface area (Å²) in [5, 5.41) is 12.7. The van der Waals surface area contributed by atoms with Gasteiger partial charge in [0, 0.05) is 0 Å². The van der Waals surface area contributed by atoms with Crippen molar-refractivity contribution < 1.29 is 5.11 Å². The summed E-state index contributed by atoms with van der Waals surface area (Å²) in [6.07, 6.45) is 6.14. The molecule has 2 nitrogen and oxygen atoms in total. The molecule has 1 aromatic carbocycles. The highest BCUT2D eigenvalue weighted by Gasteiger charge is 2.00. The maximum absolute atomic E-state index is 9.33. The van der Waals surface area contributed by atoms with Crippen LogP contribution in [-0.4, -0.2) is 18.2 Å². The summed E-state index contributed by atoms with van der Waals surface area (Å²) in [4.78, 5) is 0. The molecule has 0 aromatic heterocycles. The van der Waals surface area contributed by atoms with Gasteiger partial charge in [-0.25, -0.2) is 0 Å². The normalized spacial score (nSPS) is 17.5. The molecule has 96 valence electrons. The lowest BCUT2D eigenvalue weighted by Gasteiger charge is -2.05. The van der Waals surface area contributed by atoms with Gasteiger partial charge in [0.05, 0.1) is 6.10 Å². The van der Waals surface area contributed by atoms with Crippen LogP contribution in [0.3, 0.4) is 0 Å². The Hall–Kier alpha value is -0.860. The molecule has 1 saturated heterocycles. The average Bonchev–Trinajstić information content (AvgIpc) is 2.72. The number of aliphatic hydroxyl groups excluding tert-OH is 1. The standard InChI is InChI=1S/C9H12O.C6H13N/c1-2-9(10)8-6-4-3-5-7-8;1-2-4-6-7-5-3-1/h3-7,9-10H,2H2,1H3;7H,1-6H2. The van der Waals surface area contributed by atoms with E-state index in [1.54, 1.807) is 0 Å². The summed E-state index contributed by atoms with van der Waals surface area (Å²) < 4.78 is 0. The van der Waals surface area contributed by atoms with Gasteiger partial charge in [-0.3, -0.25) is 0 Å². The van der Waals surface area contributed by atoms with E-state index in [4.69, 9.17) is 0 Å². The molecule has 0 bridgehead atoms. The number of rotatable bonds is 2. The molecule has 0 saturated carbocycles. The van der Waals surface area contributed by atoms with Crippen molar-refractivity contribution in [2.45, 2.75) is 45.1 Å². The summed E-state index contributed by atoms with van der Waals surface area (Å²) in [7, 11) is 0. The zero-order valence-electron chi connectivity index (χ0n) is 10.9. The molecule has 2 N–H and O–H groups in total. The smallest absolute Gasteiger partial charge is 0.0787 e. The lowest BCUT2D eigenvalue weighted by atomic mass is 10.1. The topological polar surface area (TPSA) is 32.3 Å². The van der Waals surface area contributed by atoms with E-state index in [1.165, 1.54) is 38.8 Å². The van der Waals surface area contributed by atoms with Crippen molar-refractivity contribution >= 4 is 0 Å². The van der Waals surface area contributed by atoms with E-state index in [9.17, 15) is 5.11 Å². The van der Waals surface area contributed by atoms with Gasteiger partial charge < -0.3 is 10.4 Å². The molecule has 1 atom stereocenters. The van der Waals surface area contributed by atoms with Crippen LogP contribution in [0.1, 0.15) is 50.7 Å². The highest BCUT2D eigenvalue weighted by Crippen LogP contribution is 2.14. The maximum atomic E-state index is 9.33. The second-order valence-corrected chi connectivity index (χ2v) is 4.50. The third kappa shape index (κ3) is 6.44. The van der Waals surface area contributed by atoms with Gasteiger partial charge in [0.15, 0.2) is 0 Å². The zero-order chi connectivity index (χ0) is 12.3. The number of hydrogen-bond acceptors (Lipinski definition) is 2. The number of hydrogen-bond donors (Lipinski definition) is 2. The summed E-state index contributed by atoms with van der Waals surface area (Å²) in [6.45, 7) is 4.47. The first-order chi connectivity index (χ1) is 8.34. The Kier molecular flexibility index (Phi) is 7.69. The second-order valence-electron chi connectivity index (χ2n) is 4.50.